The van der Waals surface area contributed by atoms with E-state index in [9.17, 15) is 0 Å². The van der Waals surface area contributed by atoms with Gasteiger partial charge < -0.3 is 4.90 Å². The summed E-state index contributed by atoms with van der Waals surface area (Å²) in [7, 11) is 0. The van der Waals surface area contributed by atoms with E-state index in [0.29, 0.717) is 0 Å². The molecule has 1 heteroatoms. The zero-order valence-electron chi connectivity index (χ0n) is 25.9. The molecule has 1 nitrogen and oxygen atoms in total. The van der Waals surface area contributed by atoms with E-state index in [4.69, 9.17) is 0 Å². The van der Waals surface area contributed by atoms with Gasteiger partial charge in [-0.1, -0.05) is 118 Å². The van der Waals surface area contributed by atoms with E-state index in [0.717, 1.165) is 23.4 Å². The lowest BCUT2D eigenvalue weighted by Crippen LogP contribution is -2.28. The summed E-state index contributed by atoms with van der Waals surface area (Å²) in [6, 6.07) is 34.4. The summed E-state index contributed by atoms with van der Waals surface area (Å²) < 4.78 is 0. The minimum Gasteiger partial charge on any atom is -0.310 e. The number of anilines is 3. The van der Waals surface area contributed by atoms with Crippen molar-refractivity contribution in [3.05, 3.63) is 150 Å². The molecule has 0 N–H and O–H groups in total. The van der Waals surface area contributed by atoms with Gasteiger partial charge in [0.05, 0.1) is 0 Å². The third-order valence-corrected chi connectivity index (χ3v) is 9.54. The Bertz CT molecular complexity index is 1690. The molecule has 1 spiro atoms. The SMILES string of the molecule is C=CC=C(C=CC)c1ccc(N(c2ccc(C(=CC)CC)cc2)c2ccc3c(c2)-c2ccccc2C32CCCCC2)cc1. The van der Waals surface area contributed by atoms with Crippen molar-refractivity contribution in [1.29, 1.82) is 0 Å². The van der Waals surface area contributed by atoms with Crippen LogP contribution >= 0.6 is 0 Å². The molecule has 2 aliphatic carbocycles. The van der Waals surface area contributed by atoms with E-state index in [2.05, 4.69) is 148 Å². The zero-order valence-corrected chi connectivity index (χ0v) is 25.9. The third-order valence-electron chi connectivity index (χ3n) is 9.54. The Morgan fingerprint density at radius 2 is 1.37 bits per heavy atom. The van der Waals surface area contributed by atoms with Crippen LogP contribution in [0.4, 0.5) is 17.1 Å². The molecule has 4 aromatic rings. The molecular weight excluding hydrogens is 518 g/mol. The highest BCUT2D eigenvalue weighted by Crippen LogP contribution is 2.56. The fraction of sp³-hybridized carbons (Fsp3) is 0.238. The van der Waals surface area contributed by atoms with Gasteiger partial charge in [-0.3, -0.25) is 0 Å². The molecule has 1 saturated carbocycles. The molecule has 0 bridgehead atoms. The predicted octanol–water partition coefficient (Wildman–Crippen LogP) is 12.3. The zero-order chi connectivity index (χ0) is 29.8. The molecule has 1 fully saturated rings. The molecule has 0 radical (unpaired) electrons. The van der Waals surface area contributed by atoms with E-state index in [-0.39, 0.29) is 5.41 Å². The molecule has 2 aliphatic rings. The monoisotopic (exact) mass is 561 g/mol. The minimum atomic E-state index is 0.167. The quantitative estimate of drug-likeness (QED) is 0.193. The third kappa shape index (κ3) is 5.23. The van der Waals surface area contributed by atoms with Crippen LogP contribution in [-0.2, 0) is 5.41 Å². The van der Waals surface area contributed by atoms with Gasteiger partial charge in [-0.2, -0.15) is 0 Å². The summed E-state index contributed by atoms with van der Waals surface area (Å²) in [6.45, 7) is 10.3. The average Bonchev–Trinajstić information content (AvgIpc) is 3.31. The summed E-state index contributed by atoms with van der Waals surface area (Å²) in [5.41, 5.74) is 14.5. The lowest BCUT2D eigenvalue weighted by Gasteiger charge is -2.36. The largest absolute Gasteiger partial charge is 0.310 e. The minimum absolute atomic E-state index is 0.167. The highest BCUT2D eigenvalue weighted by atomic mass is 15.1. The Hall–Kier alpha value is -4.36. The topological polar surface area (TPSA) is 3.24 Å². The van der Waals surface area contributed by atoms with E-state index < -0.39 is 0 Å². The van der Waals surface area contributed by atoms with E-state index >= 15 is 0 Å². The molecule has 216 valence electrons. The maximum atomic E-state index is 3.92. The highest BCUT2D eigenvalue weighted by Gasteiger charge is 2.43. The Balaban J connectivity index is 1.48. The van der Waals surface area contributed by atoms with Crippen LogP contribution in [0.5, 0.6) is 0 Å². The van der Waals surface area contributed by atoms with Crippen molar-refractivity contribution in [3.8, 4) is 11.1 Å². The molecular formula is C42H43N. The van der Waals surface area contributed by atoms with Crippen molar-refractivity contribution in [1.82, 2.24) is 0 Å². The number of rotatable bonds is 8. The molecule has 0 heterocycles. The van der Waals surface area contributed by atoms with Gasteiger partial charge in [-0.25, -0.2) is 0 Å². The van der Waals surface area contributed by atoms with E-state index in [1.165, 1.54) is 76.7 Å². The fourth-order valence-corrected chi connectivity index (χ4v) is 7.49. The van der Waals surface area contributed by atoms with Crippen molar-refractivity contribution in [3.63, 3.8) is 0 Å². The maximum Gasteiger partial charge on any atom is 0.0468 e. The first-order valence-corrected chi connectivity index (χ1v) is 16.0. The Labute approximate surface area is 258 Å². The summed E-state index contributed by atoms with van der Waals surface area (Å²) in [5, 5.41) is 0. The van der Waals surface area contributed by atoms with Crippen molar-refractivity contribution in [2.24, 2.45) is 0 Å². The van der Waals surface area contributed by atoms with Crippen molar-refractivity contribution >= 4 is 28.2 Å². The molecule has 0 atom stereocenters. The smallest absolute Gasteiger partial charge is 0.0468 e. The summed E-state index contributed by atoms with van der Waals surface area (Å²) in [5.74, 6) is 0. The second-order valence-corrected chi connectivity index (χ2v) is 11.9. The van der Waals surface area contributed by atoms with E-state index in [1.54, 1.807) is 0 Å². The number of fused-ring (bicyclic) bond motifs is 5. The van der Waals surface area contributed by atoms with Crippen molar-refractivity contribution in [2.75, 3.05) is 4.90 Å². The number of nitrogens with zero attached hydrogens (tertiary/aromatic N) is 1. The van der Waals surface area contributed by atoms with Crippen LogP contribution in [0.25, 0.3) is 22.3 Å². The lowest BCUT2D eigenvalue weighted by atomic mass is 9.68. The second kappa shape index (κ2) is 12.5. The molecule has 43 heavy (non-hydrogen) atoms. The van der Waals surface area contributed by atoms with Gasteiger partial charge in [0.1, 0.15) is 0 Å². The summed E-state index contributed by atoms with van der Waals surface area (Å²) >= 11 is 0. The molecule has 4 aromatic carbocycles. The highest BCUT2D eigenvalue weighted by molar-refractivity contribution is 5.87. The average molecular weight is 562 g/mol. The maximum absolute atomic E-state index is 3.92. The molecule has 0 aliphatic heterocycles. The molecule has 6 rings (SSSR count). The van der Waals surface area contributed by atoms with Crippen molar-refractivity contribution < 1.29 is 0 Å². The van der Waals surface area contributed by atoms with Crippen LogP contribution in [-0.4, -0.2) is 0 Å². The standard InChI is InChI=1S/C42H43N/c1-5-14-32(15-6-2)34-20-24-36(25-21-34)43(35-22-18-33(19-23-35)31(7-3)8-4)37-26-27-41-39(30-37)38-16-10-11-17-40(38)42(41)28-12-9-13-29-42/h5-7,10-11,14-27,30H,1,8-9,12-13,28-29H2,2-4H3. The van der Waals surface area contributed by atoms with Gasteiger partial charge in [0.15, 0.2) is 0 Å². The van der Waals surface area contributed by atoms with Gasteiger partial charge in [-0.05, 0) is 114 Å². The first-order chi connectivity index (χ1) is 21.1. The van der Waals surface area contributed by atoms with Gasteiger partial charge in [-0.15, -0.1) is 0 Å². The molecule has 0 saturated heterocycles. The predicted molar refractivity (Wildman–Crippen MR) is 187 cm³/mol. The van der Waals surface area contributed by atoms with Crippen molar-refractivity contribution in [2.45, 2.75) is 64.7 Å². The first-order valence-electron chi connectivity index (χ1n) is 16.0. The molecule has 0 unspecified atom stereocenters. The number of benzene rings is 4. The van der Waals surface area contributed by atoms with Gasteiger partial charge in [0.25, 0.3) is 0 Å². The summed E-state index contributed by atoms with van der Waals surface area (Å²) in [6.07, 6.45) is 17.9. The normalized spacial score (nSPS) is 15.9. The Kier molecular flexibility index (Phi) is 8.34. The lowest BCUT2D eigenvalue weighted by molar-refractivity contribution is 0.353. The van der Waals surface area contributed by atoms with Gasteiger partial charge in [0.2, 0.25) is 0 Å². The van der Waals surface area contributed by atoms with Gasteiger partial charge in [0, 0.05) is 22.5 Å². The first kappa shape index (κ1) is 28.7. The second-order valence-electron chi connectivity index (χ2n) is 11.9. The van der Waals surface area contributed by atoms with Crippen LogP contribution in [0.3, 0.4) is 0 Å². The van der Waals surface area contributed by atoms with Crippen LogP contribution in [0.15, 0.2) is 128 Å². The molecule has 0 aromatic heterocycles. The fourth-order valence-electron chi connectivity index (χ4n) is 7.49. The van der Waals surface area contributed by atoms with Gasteiger partial charge >= 0.3 is 0 Å². The Morgan fingerprint density at radius 1 is 0.744 bits per heavy atom. The number of hydrogen-bond acceptors (Lipinski definition) is 1. The van der Waals surface area contributed by atoms with Crippen LogP contribution in [0.1, 0.15) is 81.5 Å². The Morgan fingerprint density at radius 3 is 2.00 bits per heavy atom. The van der Waals surface area contributed by atoms with Crippen LogP contribution < -0.4 is 4.90 Å². The number of allylic oxidation sites excluding steroid dienone is 7. The molecule has 0 amide bonds. The van der Waals surface area contributed by atoms with Crippen LogP contribution in [0.2, 0.25) is 0 Å². The van der Waals surface area contributed by atoms with Crippen LogP contribution in [0, 0.1) is 0 Å². The summed E-state index contributed by atoms with van der Waals surface area (Å²) in [4.78, 5) is 2.41. The number of hydrogen-bond donors (Lipinski definition) is 0. The van der Waals surface area contributed by atoms with E-state index in [1.807, 2.05) is 6.08 Å².